The van der Waals surface area contributed by atoms with Gasteiger partial charge in [0.2, 0.25) is 5.95 Å². The summed E-state index contributed by atoms with van der Waals surface area (Å²) >= 11 is 0. The third kappa shape index (κ3) is 3.48. The minimum absolute atomic E-state index is 0.124. The average Bonchev–Trinajstić information content (AvgIpc) is 2.58. The second-order valence-corrected chi connectivity index (χ2v) is 5.23. The third-order valence-electron chi connectivity index (χ3n) is 3.46. The minimum Gasteiger partial charge on any atom is -0.344 e. The van der Waals surface area contributed by atoms with E-state index in [-0.39, 0.29) is 11.9 Å². The molecule has 0 spiro atoms. The molecule has 0 saturated heterocycles. The number of hydrogen-bond acceptors (Lipinski definition) is 5. The van der Waals surface area contributed by atoms with Crippen molar-refractivity contribution < 1.29 is 4.39 Å². The van der Waals surface area contributed by atoms with Gasteiger partial charge in [0, 0.05) is 30.4 Å². The fourth-order valence-corrected chi connectivity index (χ4v) is 2.17. The number of nitrogens with zero attached hydrogens (tertiary/aromatic N) is 4. The number of aromatic nitrogens is 4. The number of nitrogens with one attached hydrogen (secondary N) is 1. The highest BCUT2D eigenvalue weighted by atomic mass is 19.1. The predicted octanol–water partition coefficient (Wildman–Crippen LogP) is 3.55. The molecule has 0 bridgehead atoms. The highest BCUT2D eigenvalue weighted by Gasteiger charge is 2.10. The summed E-state index contributed by atoms with van der Waals surface area (Å²) < 4.78 is 13.3. The van der Waals surface area contributed by atoms with Crippen LogP contribution in [0.4, 0.5) is 10.3 Å². The molecule has 2 aromatic heterocycles. The highest BCUT2D eigenvalue weighted by molar-refractivity contribution is 5.62. The zero-order valence-corrected chi connectivity index (χ0v) is 12.9. The smallest absolute Gasteiger partial charge is 0.223 e. The van der Waals surface area contributed by atoms with Crippen molar-refractivity contribution in [2.24, 2.45) is 0 Å². The molecule has 116 valence electrons. The molecular weight excluding hydrogens is 293 g/mol. The van der Waals surface area contributed by atoms with Crippen molar-refractivity contribution in [2.75, 3.05) is 5.32 Å². The molecule has 0 fully saturated rings. The van der Waals surface area contributed by atoms with Gasteiger partial charge in [0.15, 0.2) is 0 Å². The van der Waals surface area contributed by atoms with Crippen molar-refractivity contribution in [3.63, 3.8) is 0 Å². The molecule has 3 aromatic rings. The van der Waals surface area contributed by atoms with Crippen LogP contribution >= 0.6 is 0 Å². The zero-order valence-electron chi connectivity index (χ0n) is 12.9. The summed E-state index contributed by atoms with van der Waals surface area (Å²) in [4.78, 5) is 17.0. The van der Waals surface area contributed by atoms with E-state index >= 15 is 0 Å². The molecule has 0 aliphatic rings. The first-order chi connectivity index (χ1) is 11.1. The Hall–Kier alpha value is -2.89. The van der Waals surface area contributed by atoms with Crippen molar-refractivity contribution in [1.82, 2.24) is 19.9 Å². The second kappa shape index (κ2) is 6.48. The first-order valence-electron chi connectivity index (χ1n) is 7.25. The Morgan fingerprint density at radius 3 is 2.35 bits per heavy atom. The topological polar surface area (TPSA) is 63.6 Å². The maximum absolute atomic E-state index is 13.3. The van der Waals surface area contributed by atoms with Gasteiger partial charge in [-0.15, -0.1) is 0 Å². The number of aryl methyl sites for hydroxylation is 1. The summed E-state index contributed by atoms with van der Waals surface area (Å²) in [7, 11) is 0. The SMILES string of the molecule is Cc1cc(-c2cnc([C@H](C)Nc3ncccn3)nc2)ccc1F. The van der Waals surface area contributed by atoms with Crippen molar-refractivity contribution >= 4 is 5.95 Å². The fourth-order valence-electron chi connectivity index (χ4n) is 2.17. The van der Waals surface area contributed by atoms with Gasteiger partial charge in [-0.2, -0.15) is 0 Å². The Kier molecular flexibility index (Phi) is 4.23. The van der Waals surface area contributed by atoms with E-state index in [9.17, 15) is 4.39 Å². The normalized spacial score (nSPS) is 12.0. The van der Waals surface area contributed by atoms with Crippen LogP contribution in [0.25, 0.3) is 11.1 Å². The Balaban J connectivity index is 1.77. The predicted molar refractivity (Wildman–Crippen MR) is 86.2 cm³/mol. The molecule has 0 saturated carbocycles. The van der Waals surface area contributed by atoms with Crippen LogP contribution in [-0.2, 0) is 0 Å². The van der Waals surface area contributed by atoms with Gasteiger partial charge in [0.05, 0.1) is 6.04 Å². The first-order valence-corrected chi connectivity index (χ1v) is 7.25. The van der Waals surface area contributed by atoms with E-state index < -0.39 is 0 Å². The van der Waals surface area contributed by atoms with Crippen LogP contribution < -0.4 is 5.32 Å². The number of anilines is 1. The lowest BCUT2D eigenvalue weighted by atomic mass is 10.1. The molecule has 1 N–H and O–H groups in total. The van der Waals surface area contributed by atoms with Gasteiger partial charge in [0.25, 0.3) is 0 Å². The van der Waals surface area contributed by atoms with Gasteiger partial charge in [-0.25, -0.2) is 24.3 Å². The molecule has 5 nitrogen and oxygen atoms in total. The maximum Gasteiger partial charge on any atom is 0.223 e. The lowest BCUT2D eigenvalue weighted by molar-refractivity contribution is 0.619. The van der Waals surface area contributed by atoms with E-state index in [1.54, 1.807) is 49.9 Å². The van der Waals surface area contributed by atoms with Crippen molar-refractivity contribution in [1.29, 1.82) is 0 Å². The van der Waals surface area contributed by atoms with E-state index in [1.165, 1.54) is 6.07 Å². The molecule has 0 amide bonds. The fraction of sp³-hybridized carbons (Fsp3) is 0.176. The van der Waals surface area contributed by atoms with E-state index in [2.05, 4.69) is 25.3 Å². The first kappa shape index (κ1) is 15.0. The van der Waals surface area contributed by atoms with Crippen LogP contribution in [0.1, 0.15) is 24.4 Å². The van der Waals surface area contributed by atoms with Crippen LogP contribution in [0.2, 0.25) is 0 Å². The van der Waals surface area contributed by atoms with Crippen molar-refractivity contribution in [3.05, 3.63) is 66.3 Å². The van der Waals surface area contributed by atoms with Gasteiger partial charge < -0.3 is 5.32 Å². The zero-order chi connectivity index (χ0) is 16.2. The summed E-state index contributed by atoms with van der Waals surface area (Å²) in [5, 5.41) is 3.14. The van der Waals surface area contributed by atoms with Crippen LogP contribution in [0, 0.1) is 12.7 Å². The summed E-state index contributed by atoms with van der Waals surface area (Å²) in [5.74, 6) is 0.953. The monoisotopic (exact) mass is 309 g/mol. The van der Waals surface area contributed by atoms with Gasteiger partial charge in [0.1, 0.15) is 11.6 Å². The van der Waals surface area contributed by atoms with Gasteiger partial charge in [-0.05, 0) is 43.2 Å². The molecule has 0 unspecified atom stereocenters. The van der Waals surface area contributed by atoms with Gasteiger partial charge >= 0.3 is 0 Å². The third-order valence-corrected chi connectivity index (χ3v) is 3.46. The average molecular weight is 309 g/mol. The van der Waals surface area contributed by atoms with Crippen LogP contribution in [0.15, 0.2) is 49.1 Å². The molecule has 1 atom stereocenters. The van der Waals surface area contributed by atoms with Crippen LogP contribution in [0.5, 0.6) is 0 Å². The second-order valence-electron chi connectivity index (χ2n) is 5.23. The molecule has 2 heterocycles. The summed E-state index contributed by atoms with van der Waals surface area (Å²) in [5.41, 5.74) is 2.34. The molecule has 1 aromatic carbocycles. The number of halogens is 1. The Morgan fingerprint density at radius 1 is 1.00 bits per heavy atom. The Labute approximate surface area is 133 Å². The van der Waals surface area contributed by atoms with Crippen molar-refractivity contribution in [2.45, 2.75) is 19.9 Å². The number of benzene rings is 1. The largest absolute Gasteiger partial charge is 0.344 e. The van der Waals surface area contributed by atoms with Gasteiger partial charge in [-0.1, -0.05) is 6.07 Å². The Bertz CT molecular complexity index is 790. The number of hydrogen-bond donors (Lipinski definition) is 1. The van der Waals surface area contributed by atoms with Crippen LogP contribution in [0.3, 0.4) is 0 Å². The van der Waals surface area contributed by atoms with E-state index in [0.29, 0.717) is 17.3 Å². The van der Waals surface area contributed by atoms with E-state index in [1.807, 2.05) is 6.92 Å². The standard InChI is InChI=1S/C17H16FN5/c1-11-8-13(4-5-15(11)18)14-9-21-16(22-10-14)12(2)23-17-19-6-3-7-20-17/h3-10,12H,1-2H3,(H,19,20,23)/t12-/m0/s1. The van der Waals surface area contributed by atoms with E-state index in [0.717, 1.165) is 11.1 Å². The molecule has 0 aliphatic carbocycles. The molecule has 23 heavy (non-hydrogen) atoms. The lowest BCUT2D eigenvalue weighted by Gasteiger charge is -2.12. The van der Waals surface area contributed by atoms with Crippen molar-refractivity contribution in [3.8, 4) is 11.1 Å². The highest BCUT2D eigenvalue weighted by Crippen LogP contribution is 2.21. The van der Waals surface area contributed by atoms with Crippen LogP contribution in [-0.4, -0.2) is 19.9 Å². The lowest BCUT2D eigenvalue weighted by Crippen LogP contribution is -2.12. The summed E-state index contributed by atoms with van der Waals surface area (Å²) in [6, 6.07) is 6.59. The molecule has 0 aliphatic heterocycles. The Morgan fingerprint density at radius 2 is 1.70 bits per heavy atom. The quantitative estimate of drug-likeness (QED) is 0.798. The van der Waals surface area contributed by atoms with Gasteiger partial charge in [-0.3, -0.25) is 0 Å². The molecular formula is C17H16FN5. The van der Waals surface area contributed by atoms with E-state index in [4.69, 9.17) is 0 Å². The minimum atomic E-state index is -0.216. The summed E-state index contributed by atoms with van der Waals surface area (Å²) in [6.45, 7) is 3.67. The molecule has 0 radical (unpaired) electrons. The molecule has 6 heteroatoms. The summed E-state index contributed by atoms with van der Waals surface area (Å²) in [6.07, 6.45) is 6.81. The number of rotatable bonds is 4. The maximum atomic E-state index is 13.3. The molecule has 3 rings (SSSR count).